The van der Waals surface area contributed by atoms with E-state index in [1.165, 1.54) is 12.1 Å². The lowest BCUT2D eigenvalue weighted by Gasteiger charge is -2.14. The summed E-state index contributed by atoms with van der Waals surface area (Å²) >= 11 is 0.953. The highest BCUT2D eigenvalue weighted by Crippen LogP contribution is 2.30. The molecule has 1 fully saturated rings. The summed E-state index contributed by atoms with van der Waals surface area (Å²) in [6.07, 6.45) is -5.10. The van der Waals surface area contributed by atoms with E-state index in [0.717, 1.165) is 29.5 Å². The third-order valence-corrected chi connectivity index (χ3v) is 5.12. The molecule has 148 valence electrons. The molecule has 1 aliphatic heterocycles. The highest BCUT2D eigenvalue weighted by Gasteiger charge is 2.31. The topological polar surface area (TPSA) is 75.6 Å². The molecule has 1 heterocycles. The standard InChI is InChI=1S/C19H16F3NO4S/c20-19(21,22)13-5-3-12(4-6-13)15(24)10-27-14-7-1-11(2-8-14)9-16-17(25)23-18(26)28-16/h1-8,15-16,24H,9-10H2,(H,23,25,26). The number of aliphatic hydroxyl groups is 1. The monoisotopic (exact) mass is 411 g/mol. The summed E-state index contributed by atoms with van der Waals surface area (Å²) in [5, 5.41) is 11.5. The van der Waals surface area contributed by atoms with Gasteiger partial charge in [-0.05, 0) is 41.8 Å². The third-order valence-electron chi connectivity index (χ3n) is 4.14. The maximum atomic E-state index is 12.6. The smallest absolute Gasteiger partial charge is 0.416 e. The number of benzene rings is 2. The number of halogens is 3. The van der Waals surface area contributed by atoms with Gasteiger partial charge in [0, 0.05) is 0 Å². The molecule has 2 aromatic carbocycles. The lowest BCUT2D eigenvalue weighted by Crippen LogP contribution is -2.25. The van der Waals surface area contributed by atoms with Crippen LogP contribution in [0.5, 0.6) is 5.75 Å². The maximum absolute atomic E-state index is 12.6. The normalized spacial score (nSPS) is 18.1. The summed E-state index contributed by atoms with van der Waals surface area (Å²) in [4.78, 5) is 22.7. The van der Waals surface area contributed by atoms with E-state index in [-0.39, 0.29) is 17.8 Å². The summed E-state index contributed by atoms with van der Waals surface area (Å²) in [5.74, 6) is 0.157. The number of alkyl halides is 3. The molecule has 0 spiro atoms. The van der Waals surface area contributed by atoms with Crippen molar-refractivity contribution < 1.29 is 32.6 Å². The molecule has 0 aliphatic carbocycles. The van der Waals surface area contributed by atoms with E-state index in [0.29, 0.717) is 17.7 Å². The Morgan fingerprint density at radius 3 is 2.25 bits per heavy atom. The first-order valence-corrected chi connectivity index (χ1v) is 9.19. The second-order valence-electron chi connectivity index (χ2n) is 6.18. The largest absolute Gasteiger partial charge is 0.491 e. The lowest BCUT2D eigenvalue weighted by molar-refractivity contribution is -0.137. The van der Waals surface area contributed by atoms with Crippen LogP contribution in [0.4, 0.5) is 18.0 Å². The van der Waals surface area contributed by atoms with Gasteiger partial charge in [0.2, 0.25) is 5.91 Å². The van der Waals surface area contributed by atoms with E-state index in [1.807, 2.05) is 0 Å². The average molecular weight is 411 g/mol. The molecular weight excluding hydrogens is 395 g/mol. The number of imide groups is 1. The van der Waals surface area contributed by atoms with Crippen LogP contribution in [-0.2, 0) is 17.4 Å². The second kappa shape index (κ2) is 8.24. The van der Waals surface area contributed by atoms with Crippen molar-refractivity contribution >= 4 is 22.9 Å². The molecule has 28 heavy (non-hydrogen) atoms. The van der Waals surface area contributed by atoms with Gasteiger partial charge < -0.3 is 9.84 Å². The Balaban J connectivity index is 1.53. The highest BCUT2D eigenvalue weighted by molar-refractivity contribution is 8.15. The Labute approximate surface area is 162 Å². The Kier molecular flexibility index (Phi) is 5.95. The molecule has 0 bridgehead atoms. The summed E-state index contributed by atoms with van der Waals surface area (Å²) in [6, 6.07) is 11.1. The Morgan fingerprint density at radius 2 is 1.71 bits per heavy atom. The van der Waals surface area contributed by atoms with E-state index in [9.17, 15) is 27.9 Å². The summed E-state index contributed by atoms with van der Waals surface area (Å²) in [6.45, 7) is -0.125. The van der Waals surface area contributed by atoms with Gasteiger partial charge in [0.1, 0.15) is 18.5 Å². The van der Waals surface area contributed by atoms with Crippen molar-refractivity contribution in [3.8, 4) is 5.75 Å². The quantitative estimate of drug-likeness (QED) is 0.758. The number of amides is 2. The molecule has 0 saturated carbocycles. The lowest BCUT2D eigenvalue weighted by atomic mass is 10.1. The van der Waals surface area contributed by atoms with Gasteiger partial charge in [-0.2, -0.15) is 13.2 Å². The van der Waals surface area contributed by atoms with Crippen LogP contribution in [0.25, 0.3) is 0 Å². The molecule has 2 amide bonds. The van der Waals surface area contributed by atoms with Gasteiger partial charge in [0.25, 0.3) is 5.24 Å². The molecule has 2 unspecified atom stereocenters. The molecule has 9 heteroatoms. The van der Waals surface area contributed by atoms with Crippen LogP contribution in [0.3, 0.4) is 0 Å². The van der Waals surface area contributed by atoms with Gasteiger partial charge >= 0.3 is 6.18 Å². The van der Waals surface area contributed by atoms with Gasteiger partial charge in [-0.25, -0.2) is 0 Å². The minimum absolute atomic E-state index is 0.125. The van der Waals surface area contributed by atoms with E-state index < -0.39 is 23.1 Å². The predicted octanol–water partition coefficient (Wildman–Crippen LogP) is 3.71. The van der Waals surface area contributed by atoms with E-state index in [1.54, 1.807) is 24.3 Å². The minimum atomic E-state index is -4.42. The fraction of sp³-hybridized carbons (Fsp3) is 0.263. The number of carbonyl (C=O) groups excluding carboxylic acids is 2. The molecule has 3 rings (SSSR count). The van der Waals surface area contributed by atoms with E-state index in [2.05, 4.69) is 5.32 Å². The number of ether oxygens (including phenoxy) is 1. The Hall–Kier alpha value is -2.52. The fourth-order valence-corrected chi connectivity index (χ4v) is 3.49. The van der Waals surface area contributed by atoms with Crippen molar-refractivity contribution in [1.29, 1.82) is 0 Å². The number of hydrogen-bond donors (Lipinski definition) is 2. The van der Waals surface area contributed by atoms with Gasteiger partial charge in [-0.3, -0.25) is 14.9 Å². The first kappa shape index (κ1) is 20.2. The van der Waals surface area contributed by atoms with Crippen molar-refractivity contribution in [2.45, 2.75) is 24.0 Å². The van der Waals surface area contributed by atoms with Crippen LogP contribution in [0.2, 0.25) is 0 Å². The number of nitrogens with one attached hydrogen (secondary N) is 1. The number of carbonyl (C=O) groups is 2. The predicted molar refractivity (Wildman–Crippen MR) is 97.0 cm³/mol. The van der Waals surface area contributed by atoms with Crippen LogP contribution in [-0.4, -0.2) is 28.1 Å². The van der Waals surface area contributed by atoms with Crippen LogP contribution in [0.15, 0.2) is 48.5 Å². The maximum Gasteiger partial charge on any atom is 0.416 e. The summed E-state index contributed by atoms with van der Waals surface area (Å²) < 4.78 is 43.2. The van der Waals surface area contributed by atoms with Crippen molar-refractivity contribution in [3.05, 3.63) is 65.2 Å². The van der Waals surface area contributed by atoms with Crippen molar-refractivity contribution in [2.24, 2.45) is 0 Å². The number of rotatable bonds is 6. The van der Waals surface area contributed by atoms with Crippen molar-refractivity contribution in [2.75, 3.05) is 6.61 Å². The van der Waals surface area contributed by atoms with Gasteiger partial charge in [0.15, 0.2) is 0 Å². The molecule has 0 aromatic heterocycles. The minimum Gasteiger partial charge on any atom is -0.491 e. The third kappa shape index (κ3) is 5.05. The molecule has 5 nitrogen and oxygen atoms in total. The molecule has 1 aliphatic rings. The van der Waals surface area contributed by atoms with Crippen LogP contribution in [0, 0.1) is 0 Å². The Morgan fingerprint density at radius 1 is 1.07 bits per heavy atom. The first-order chi connectivity index (χ1) is 13.2. The van der Waals surface area contributed by atoms with Crippen LogP contribution < -0.4 is 10.1 Å². The second-order valence-corrected chi connectivity index (χ2v) is 7.35. The number of hydrogen-bond acceptors (Lipinski definition) is 5. The van der Waals surface area contributed by atoms with Gasteiger partial charge in [-0.15, -0.1) is 0 Å². The van der Waals surface area contributed by atoms with Gasteiger partial charge in [-0.1, -0.05) is 36.0 Å². The van der Waals surface area contributed by atoms with E-state index >= 15 is 0 Å². The SMILES string of the molecule is O=C1NC(=O)C(Cc2ccc(OCC(O)c3ccc(C(F)(F)F)cc3)cc2)S1. The summed E-state index contributed by atoms with van der Waals surface area (Å²) in [7, 11) is 0. The van der Waals surface area contributed by atoms with Crippen LogP contribution in [0.1, 0.15) is 22.8 Å². The van der Waals surface area contributed by atoms with Crippen molar-refractivity contribution in [3.63, 3.8) is 0 Å². The first-order valence-electron chi connectivity index (χ1n) is 8.31. The van der Waals surface area contributed by atoms with E-state index in [4.69, 9.17) is 4.74 Å². The molecule has 2 atom stereocenters. The molecule has 0 radical (unpaired) electrons. The molecule has 2 N–H and O–H groups in total. The average Bonchev–Trinajstić information content (AvgIpc) is 2.97. The molecule has 1 saturated heterocycles. The number of thioether (sulfide) groups is 1. The molecular formula is C19H16F3NO4S. The zero-order valence-electron chi connectivity index (χ0n) is 14.4. The number of aliphatic hydroxyl groups excluding tert-OH is 1. The fourth-order valence-electron chi connectivity index (χ4n) is 2.63. The van der Waals surface area contributed by atoms with Gasteiger partial charge in [0.05, 0.1) is 10.8 Å². The zero-order chi connectivity index (χ0) is 20.3. The van der Waals surface area contributed by atoms with Crippen LogP contribution >= 0.6 is 11.8 Å². The van der Waals surface area contributed by atoms with Crippen molar-refractivity contribution in [1.82, 2.24) is 5.32 Å². The molecule has 2 aromatic rings. The zero-order valence-corrected chi connectivity index (χ0v) is 15.2. The summed E-state index contributed by atoms with van der Waals surface area (Å²) in [5.41, 5.74) is 0.382. The highest BCUT2D eigenvalue weighted by atomic mass is 32.2. The Bertz CT molecular complexity index is 853.